The van der Waals surface area contributed by atoms with E-state index in [4.69, 9.17) is 9.84 Å². The highest BCUT2D eigenvalue weighted by Gasteiger charge is 2.12. The van der Waals surface area contributed by atoms with E-state index in [2.05, 4.69) is 13.8 Å². The van der Waals surface area contributed by atoms with Gasteiger partial charge in [-0.3, -0.25) is 0 Å². The molecule has 0 aliphatic heterocycles. The van der Waals surface area contributed by atoms with Gasteiger partial charge in [0.15, 0.2) is 0 Å². The smallest absolute Gasteiger partial charge is 0.328 e. The molecule has 1 rings (SSSR count). The predicted octanol–water partition coefficient (Wildman–Crippen LogP) is 3.61. The number of ether oxygens (including phenoxy) is 1. The highest BCUT2D eigenvalue weighted by atomic mass is 16.5. The van der Waals surface area contributed by atoms with Gasteiger partial charge in [0, 0.05) is 6.08 Å². The summed E-state index contributed by atoms with van der Waals surface area (Å²) in [5, 5.41) is 8.81. The minimum Gasteiger partial charge on any atom is -0.496 e. The number of methoxy groups -OCH3 is 1. The molecule has 0 unspecified atom stereocenters. The minimum atomic E-state index is -0.922. The summed E-state index contributed by atoms with van der Waals surface area (Å²) in [7, 11) is 1.65. The molecular weight excluding hydrogens is 228 g/mol. The Morgan fingerprint density at radius 1 is 1.39 bits per heavy atom. The van der Waals surface area contributed by atoms with Gasteiger partial charge in [0.05, 0.1) is 7.11 Å². The lowest BCUT2D eigenvalue weighted by Crippen LogP contribution is -1.99. The quantitative estimate of drug-likeness (QED) is 0.828. The second-order valence-electron chi connectivity index (χ2n) is 4.73. The van der Waals surface area contributed by atoms with Crippen LogP contribution in [-0.4, -0.2) is 18.2 Å². The highest BCUT2D eigenvalue weighted by Crippen LogP contribution is 2.32. The molecule has 1 N–H and O–H groups in total. The number of aliphatic carboxylic acids is 1. The van der Waals surface area contributed by atoms with E-state index in [-0.39, 0.29) is 0 Å². The first kappa shape index (κ1) is 14.3. The first-order chi connectivity index (χ1) is 8.36. The molecule has 0 spiro atoms. The highest BCUT2D eigenvalue weighted by molar-refractivity contribution is 5.90. The molecule has 1 aromatic carbocycles. The Morgan fingerprint density at radius 3 is 2.44 bits per heavy atom. The summed E-state index contributed by atoms with van der Waals surface area (Å²) < 4.78 is 5.37. The number of rotatable bonds is 4. The minimum absolute atomic E-state index is 0.330. The number of carbonyl (C=O) groups is 1. The fourth-order valence-corrected chi connectivity index (χ4v) is 2.01. The Kier molecular flexibility index (Phi) is 4.54. The molecule has 18 heavy (non-hydrogen) atoms. The monoisotopic (exact) mass is 248 g/mol. The molecule has 3 nitrogen and oxygen atoms in total. The van der Waals surface area contributed by atoms with Crippen LogP contribution < -0.4 is 4.74 Å². The summed E-state index contributed by atoms with van der Waals surface area (Å²) in [5.74, 6) is 0.264. The summed E-state index contributed by atoms with van der Waals surface area (Å²) >= 11 is 0. The van der Waals surface area contributed by atoms with Crippen molar-refractivity contribution < 1.29 is 14.6 Å². The average Bonchev–Trinajstić information content (AvgIpc) is 2.26. The van der Waals surface area contributed by atoms with E-state index in [0.717, 1.165) is 28.0 Å². The first-order valence-electron chi connectivity index (χ1n) is 5.97. The van der Waals surface area contributed by atoms with E-state index in [1.807, 2.05) is 26.0 Å². The molecule has 98 valence electrons. The van der Waals surface area contributed by atoms with Crippen molar-refractivity contribution in [1.82, 2.24) is 0 Å². The van der Waals surface area contributed by atoms with Gasteiger partial charge in [0.1, 0.15) is 5.75 Å². The van der Waals surface area contributed by atoms with Gasteiger partial charge in [-0.05, 0) is 54.2 Å². The molecule has 1 aromatic rings. The molecule has 0 saturated carbocycles. The van der Waals surface area contributed by atoms with E-state index in [1.54, 1.807) is 7.11 Å². The summed E-state index contributed by atoms with van der Waals surface area (Å²) in [6.07, 6.45) is 1.24. The molecule has 0 amide bonds. The van der Waals surface area contributed by atoms with Crippen LogP contribution in [0.3, 0.4) is 0 Å². The van der Waals surface area contributed by atoms with Crippen molar-refractivity contribution in [3.05, 3.63) is 34.9 Å². The largest absolute Gasteiger partial charge is 0.496 e. The summed E-state index contributed by atoms with van der Waals surface area (Å²) in [5.41, 5.74) is 3.83. The summed E-state index contributed by atoms with van der Waals surface area (Å²) in [6.45, 7) is 7.95. The lowest BCUT2D eigenvalue weighted by Gasteiger charge is -2.16. The van der Waals surface area contributed by atoms with Gasteiger partial charge in [0.25, 0.3) is 0 Å². The molecule has 0 aliphatic carbocycles. The van der Waals surface area contributed by atoms with Gasteiger partial charge < -0.3 is 9.84 Å². The Bertz CT molecular complexity index is 485. The van der Waals surface area contributed by atoms with Crippen LogP contribution in [0, 0.1) is 6.92 Å². The maximum atomic E-state index is 10.7. The average molecular weight is 248 g/mol. The Labute approximate surface area is 108 Å². The third-order valence-corrected chi connectivity index (χ3v) is 2.96. The summed E-state index contributed by atoms with van der Waals surface area (Å²) in [6, 6.07) is 3.98. The van der Waals surface area contributed by atoms with E-state index in [9.17, 15) is 4.79 Å². The van der Waals surface area contributed by atoms with Crippen LogP contribution in [0.1, 0.15) is 43.4 Å². The fraction of sp³-hybridized carbons (Fsp3) is 0.400. The van der Waals surface area contributed by atoms with Crippen molar-refractivity contribution in [3.63, 3.8) is 0 Å². The molecule has 3 heteroatoms. The van der Waals surface area contributed by atoms with Crippen molar-refractivity contribution in [1.29, 1.82) is 0 Å². The van der Waals surface area contributed by atoms with Crippen LogP contribution in [0.5, 0.6) is 5.75 Å². The third kappa shape index (κ3) is 3.13. The van der Waals surface area contributed by atoms with Crippen molar-refractivity contribution in [2.75, 3.05) is 7.11 Å². The van der Waals surface area contributed by atoms with Crippen LogP contribution >= 0.6 is 0 Å². The standard InChI is InChI=1S/C15H20O3/c1-9(2)12-8-13(11(4)7-15(16)17)10(3)6-14(12)18-5/h6-9H,1-5H3,(H,16,17)/b11-7+. The van der Waals surface area contributed by atoms with Gasteiger partial charge in [-0.15, -0.1) is 0 Å². The lowest BCUT2D eigenvalue weighted by molar-refractivity contribution is -0.131. The maximum Gasteiger partial charge on any atom is 0.328 e. The number of hydrogen-bond donors (Lipinski definition) is 1. The fourth-order valence-electron chi connectivity index (χ4n) is 2.01. The van der Waals surface area contributed by atoms with Gasteiger partial charge in [-0.25, -0.2) is 4.79 Å². The molecule has 0 fully saturated rings. The van der Waals surface area contributed by atoms with Crippen LogP contribution in [-0.2, 0) is 4.79 Å². The van der Waals surface area contributed by atoms with Gasteiger partial charge in [-0.1, -0.05) is 13.8 Å². The van der Waals surface area contributed by atoms with E-state index in [1.165, 1.54) is 6.08 Å². The molecule has 0 aliphatic rings. The van der Waals surface area contributed by atoms with Crippen LogP contribution in [0.4, 0.5) is 0 Å². The van der Waals surface area contributed by atoms with Crippen LogP contribution in [0.2, 0.25) is 0 Å². The number of carboxylic acid groups (broad SMARTS) is 1. The van der Waals surface area contributed by atoms with Crippen LogP contribution in [0.25, 0.3) is 5.57 Å². The topological polar surface area (TPSA) is 46.5 Å². The summed E-state index contributed by atoms with van der Waals surface area (Å²) in [4.78, 5) is 10.7. The normalized spacial score (nSPS) is 11.8. The second kappa shape index (κ2) is 5.71. The molecular formula is C15H20O3. The number of benzene rings is 1. The van der Waals surface area contributed by atoms with E-state index in [0.29, 0.717) is 5.92 Å². The van der Waals surface area contributed by atoms with E-state index < -0.39 is 5.97 Å². The first-order valence-corrected chi connectivity index (χ1v) is 5.97. The molecule has 0 radical (unpaired) electrons. The Hall–Kier alpha value is -1.77. The second-order valence-corrected chi connectivity index (χ2v) is 4.73. The third-order valence-electron chi connectivity index (χ3n) is 2.96. The van der Waals surface area contributed by atoms with Gasteiger partial charge >= 0.3 is 5.97 Å². The Morgan fingerprint density at radius 2 is 2.00 bits per heavy atom. The zero-order chi connectivity index (χ0) is 13.9. The SMILES string of the molecule is COc1cc(C)c(/C(C)=C/C(=O)O)cc1C(C)C. The zero-order valence-electron chi connectivity index (χ0n) is 11.6. The van der Waals surface area contributed by atoms with Gasteiger partial charge in [-0.2, -0.15) is 0 Å². The van der Waals surface area contributed by atoms with Crippen molar-refractivity contribution in [3.8, 4) is 5.75 Å². The Balaban J connectivity index is 3.38. The number of hydrogen-bond acceptors (Lipinski definition) is 2. The zero-order valence-corrected chi connectivity index (χ0v) is 11.6. The van der Waals surface area contributed by atoms with Crippen molar-refractivity contribution in [2.45, 2.75) is 33.6 Å². The molecule has 0 atom stereocenters. The van der Waals surface area contributed by atoms with Gasteiger partial charge in [0.2, 0.25) is 0 Å². The molecule has 0 aromatic heterocycles. The number of carboxylic acids is 1. The van der Waals surface area contributed by atoms with Crippen molar-refractivity contribution in [2.24, 2.45) is 0 Å². The van der Waals surface area contributed by atoms with Crippen LogP contribution in [0.15, 0.2) is 18.2 Å². The molecule has 0 heterocycles. The molecule has 0 saturated heterocycles. The van der Waals surface area contributed by atoms with E-state index >= 15 is 0 Å². The lowest BCUT2D eigenvalue weighted by atomic mass is 9.93. The van der Waals surface area contributed by atoms with Crippen molar-refractivity contribution >= 4 is 11.5 Å². The number of aryl methyl sites for hydroxylation is 1. The predicted molar refractivity (Wildman–Crippen MR) is 73.1 cm³/mol. The maximum absolute atomic E-state index is 10.7. The molecule has 0 bridgehead atoms. The number of allylic oxidation sites excluding steroid dienone is 1.